The van der Waals surface area contributed by atoms with E-state index < -0.39 is 29.3 Å². The van der Waals surface area contributed by atoms with E-state index >= 15 is 0 Å². The van der Waals surface area contributed by atoms with E-state index in [2.05, 4.69) is 26.6 Å². The Labute approximate surface area is 170 Å². The Kier molecular flexibility index (Phi) is 4.54. The molecule has 1 spiro atoms. The van der Waals surface area contributed by atoms with Gasteiger partial charge >= 0.3 is 0 Å². The number of unbranched alkanes of at least 4 members (excludes halogenated alkanes) is 1. The van der Waals surface area contributed by atoms with Crippen LogP contribution in [0, 0.1) is 11.8 Å². The number of carbonyl (C=O) groups is 4. The summed E-state index contributed by atoms with van der Waals surface area (Å²) in [7, 11) is 0. The van der Waals surface area contributed by atoms with Gasteiger partial charge in [-0.15, -0.1) is 0 Å². The lowest BCUT2D eigenvalue weighted by atomic mass is 9.76. The van der Waals surface area contributed by atoms with Crippen LogP contribution >= 0.6 is 15.9 Å². The van der Waals surface area contributed by atoms with Crippen molar-refractivity contribution in [3.63, 3.8) is 0 Å². The van der Waals surface area contributed by atoms with Crippen molar-refractivity contribution in [2.24, 2.45) is 17.6 Å². The van der Waals surface area contributed by atoms with Crippen LogP contribution in [-0.4, -0.2) is 41.1 Å². The first-order chi connectivity index (χ1) is 13.3. The zero-order valence-electron chi connectivity index (χ0n) is 15.3. The van der Waals surface area contributed by atoms with Crippen LogP contribution in [0.3, 0.4) is 0 Å². The Morgan fingerprint density at radius 3 is 2.71 bits per heavy atom. The van der Waals surface area contributed by atoms with Crippen molar-refractivity contribution in [1.82, 2.24) is 10.2 Å². The lowest BCUT2D eigenvalue weighted by molar-refractivity contribution is -0.142. The van der Waals surface area contributed by atoms with Gasteiger partial charge in [-0.2, -0.15) is 0 Å². The number of hydrogen-bond acceptors (Lipinski definition) is 5. The predicted octanol–water partition coefficient (Wildman–Crippen LogP) is 0.845. The molecular weight excluding hydrogens is 428 g/mol. The summed E-state index contributed by atoms with van der Waals surface area (Å²) in [6.07, 6.45) is 1.39. The highest BCUT2D eigenvalue weighted by molar-refractivity contribution is 9.10. The third-order valence-electron chi connectivity index (χ3n) is 5.92. The number of primary amides is 1. The smallest absolute Gasteiger partial charge is 0.250 e. The fraction of sp³-hybridized carbons (Fsp3) is 0.474. The summed E-state index contributed by atoms with van der Waals surface area (Å²) in [5, 5.41) is 5.99. The number of fused-ring (bicyclic) bond motifs is 4. The first-order valence-corrected chi connectivity index (χ1v) is 10.1. The van der Waals surface area contributed by atoms with Crippen molar-refractivity contribution in [2.75, 3.05) is 11.9 Å². The fourth-order valence-electron chi connectivity index (χ4n) is 4.76. The van der Waals surface area contributed by atoms with Gasteiger partial charge < -0.3 is 11.1 Å². The molecule has 3 aliphatic heterocycles. The molecule has 3 aliphatic rings. The van der Waals surface area contributed by atoms with Gasteiger partial charge in [0.15, 0.2) is 0 Å². The highest BCUT2D eigenvalue weighted by Crippen LogP contribution is 2.53. The molecule has 4 N–H and O–H groups in total. The van der Waals surface area contributed by atoms with Crippen LogP contribution in [-0.2, 0) is 24.7 Å². The van der Waals surface area contributed by atoms with Crippen LogP contribution in [0.25, 0.3) is 0 Å². The molecule has 0 aromatic heterocycles. The van der Waals surface area contributed by atoms with Crippen molar-refractivity contribution >= 4 is 45.2 Å². The maximum atomic E-state index is 13.3. The fourth-order valence-corrected chi connectivity index (χ4v) is 5.12. The number of benzene rings is 1. The highest BCUT2D eigenvalue weighted by atomic mass is 79.9. The molecule has 148 valence electrons. The number of nitrogens with one attached hydrogen (secondary N) is 2. The second kappa shape index (κ2) is 6.66. The molecule has 4 atom stereocenters. The number of halogens is 1. The summed E-state index contributed by atoms with van der Waals surface area (Å²) < 4.78 is 0.749. The largest absolute Gasteiger partial charge is 0.370 e. The molecule has 4 amide bonds. The minimum Gasteiger partial charge on any atom is -0.370 e. The van der Waals surface area contributed by atoms with Gasteiger partial charge in [0.05, 0.1) is 11.8 Å². The summed E-state index contributed by atoms with van der Waals surface area (Å²) in [6.45, 7) is 2.29. The van der Waals surface area contributed by atoms with Crippen LogP contribution in [0.15, 0.2) is 22.7 Å². The Balaban J connectivity index is 1.85. The molecule has 0 saturated carbocycles. The van der Waals surface area contributed by atoms with E-state index in [-0.39, 0.29) is 24.1 Å². The second-order valence-corrected chi connectivity index (χ2v) is 8.47. The number of hydrogen-bond donors (Lipinski definition) is 3. The zero-order valence-corrected chi connectivity index (χ0v) is 16.9. The molecule has 3 heterocycles. The average molecular weight is 449 g/mol. The number of rotatable bonds is 5. The van der Waals surface area contributed by atoms with Crippen LogP contribution in [0.1, 0.15) is 31.7 Å². The third-order valence-corrected chi connectivity index (χ3v) is 6.42. The number of imide groups is 1. The SMILES string of the molecule is CCCCN1C(=O)[C@@H]2C(CC(N)=O)NC3(C(=O)Nc4ccc(Br)cc43)[C@@H]2C1=O. The Morgan fingerprint density at radius 2 is 2.04 bits per heavy atom. The van der Waals surface area contributed by atoms with Gasteiger partial charge in [-0.05, 0) is 24.6 Å². The molecule has 0 radical (unpaired) electrons. The van der Waals surface area contributed by atoms with Gasteiger partial charge in [0.25, 0.3) is 0 Å². The van der Waals surface area contributed by atoms with Crippen molar-refractivity contribution in [1.29, 1.82) is 0 Å². The van der Waals surface area contributed by atoms with E-state index in [1.54, 1.807) is 18.2 Å². The number of amides is 4. The van der Waals surface area contributed by atoms with Crippen molar-refractivity contribution in [3.05, 3.63) is 28.2 Å². The van der Waals surface area contributed by atoms with Crippen LogP contribution in [0.2, 0.25) is 0 Å². The van der Waals surface area contributed by atoms with E-state index in [4.69, 9.17) is 5.73 Å². The average Bonchev–Trinajstić information content (AvgIpc) is 3.19. The Morgan fingerprint density at radius 1 is 1.29 bits per heavy atom. The van der Waals surface area contributed by atoms with Crippen molar-refractivity contribution < 1.29 is 19.2 Å². The molecular formula is C19H21BrN4O4. The quantitative estimate of drug-likeness (QED) is 0.576. The summed E-state index contributed by atoms with van der Waals surface area (Å²) >= 11 is 3.41. The number of nitrogens with two attached hydrogens (primary N) is 1. The van der Waals surface area contributed by atoms with E-state index in [0.717, 1.165) is 10.9 Å². The van der Waals surface area contributed by atoms with Crippen LogP contribution < -0.4 is 16.4 Å². The molecule has 2 unspecified atom stereocenters. The molecule has 2 saturated heterocycles. The number of nitrogens with zero attached hydrogens (tertiary/aromatic N) is 1. The van der Waals surface area contributed by atoms with Crippen molar-refractivity contribution in [2.45, 2.75) is 37.8 Å². The molecule has 0 aliphatic carbocycles. The van der Waals surface area contributed by atoms with E-state index in [0.29, 0.717) is 24.2 Å². The van der Waals surface area contributed by atoms with Gasteiger partial charge in [-0.25, -0.2) is 0 Å². The maximum Gasteiger partial charge on any atom is 0.250 e. The lowest BCUT2D eigenvalue weighted by Crippen LogP contribution is -2.53. The minimum atomic E-state index is -1.39. The summed E-state index contributed by atoms with van der Waals surface area (Å²) in [4.78, 5) is 52.4. The summed E-state index contributed by atoms with van der Waals surface area (Å²) in [5.74, 6) is -3.39. The predicted molar refractivity (Wildman–Crippen MR) is 104 cm³/mol. The van der Waals surface area contributed by atoms with E-state index in [1.165, 1.54) is 4.90 Å². The first-order valence-electron chi connectivity index (χ1n) is 9.34. The minimum absolute atomic E-state index is 0.125. The van der Waals surface area contributed by atoms with Gasteiger partial charge in [0.1, 0.15) is 5.54 Å². The normalized spacial score (nSPS) is 30.7. The summed E-state index contributed by atoms with van der Waals surface area (Å²) in [5.41, 5.74) is 5.20. The second-order valence-electron chi connectivity index (χ2n) is 7.56. The number of carbonyl (C=O) groups excluding carboxylic acids is 4. The molecule has 1 aromatic rings. The molecule has 28 heavy (non-hydrogen) atoms. The van der Waals surface area contributed by atoms with E-state index in [1.807, 2.05) is 6.92 Å². The monoisotopic (exact) mass is 448 g/mol. The van der Waals surface area contributed by atoms with Crippen LogP contribution in [0.4, 0.5) is 5.69 Å². The molecule has 0 bridgehead atoms. The Bertz CT molecular complexity index is 904. The van der Waals surface area contributed by atoms with Crippen molar-refractivity contribution in [3.8, 4) is 0 Å². The molecule has 9 heteroatoms. The standard InChI is InChI=1S/C19H21BrN4O4/c1-2-3-6-24-16(26)14-12(8-13(21)25)23-19(15(14)17(24)27)10-7-9(20)4-5-11(10)22-18(19)28/h4-5,7,12,14-15,23H,2-3,6,8H2,1H3,(H2,21,25)(H,22,28)/t12?,14-,15+,19?/m1/s1. The lowest BCUT2D eigenvalue weighted by Gasteiger charge is -2.29. The van der Waals surface area contributed by atoms with E-state index in [9.17, 15) is 19.2 Å². The maximum absolute atomic E-state index is 13.3. The van der Waals surface area contributed by atoms with Gasteiger partial charge in [-0.3, -0.25) is 29.4 Å². The topological polar surface area (TPSA) is 122 Å². The zero-order chi connectivity index (χ0) is 20.2. The third kappa shape index (κ3) is 2.52. The highest BCUT2D eigenvalue weighted by Gasteiger charge is 2.70. The first kappa shape index (κ1) is 19.1. The van der Waals surface area contributed by atoms with Gasteiger partial charge in [0.2, 0.25) is 23.6 Å². The van der Waals surface area contributed by atoms with Gasteiger partial charge in [0, 0.05) is 34.7 Å². The van der Waals surface area contributed by atoms with Gasteiger partial charge in [-0.1, -0.05) is 29.3 Å². The molecule has 4 rings (SSSR count). The van der Waals surface area contributed by atoms with Crippen LogP contribution in [0.5, 0.6) is 0 Å². The molecule has 8 nitrogen and oxygen atoms in total. The number of anilines is 1. The number of likely N-dealkylation sites (tertiary alicyclic amines) is 1. The molecule has 2 fully saturated rings. The molecule has 1 aromatic carbocycles. The summed E-state index contributed by atoms with van der Waals surface area (Å²) in [6, 6.07) is 4.64. The Hall–Kier alpha value is -2.26.